The average Bonchev–Trinajstić information content (AvgIpc) is 2.99. The Morgan fingerprint density at radius 3 is 2.80 bits per heavy atom. The molecule has 0 spiro atoms. The number of hydrogen-bond acceptors (Lipinski definition) is 3. The number of hydrazine groups is 1. The molecule has 1 aliphatic carbocycles. The van der Waals surface area contributed by atoms with Crippen molar-refractivity contribution < 1.29 is 0 Å². The molecule has 2 rings (SSSR count). The molecule has 1 atom stereocenters. The number of rotatable bonds is 4. The zero-order valence-electron chi connectivity index (χ0n) is 8.21. The Labute approximate surface area is 106 Å². The van der Waals surface area contributed by atoms with E-state index in [9.17, 15) is 0 Å². The van der Waals surface area contributed by atoms with Crippen LogP contribution in [0.1, 0.15) is 31.0 Å². The Bertz CT molecular complexity index is 353. The fourth-order valence-corrected chi connectivity index (χ4v) is 2.89. The van der Waals surface area contributed by atoms with Gasteiger partial charge >= 0.3 is 0 Å². The van der Waals surface area contributed by atoms with Crippen molar-refractivity contribution in [1.29, 1.82) is 0 Å². The first kappa shape index (κ1) is 11.5. The first-order valence-corrected chi connectivity index (χ1v) is 6.56. The Balaban J connectivity index is 2.16. The molecule has 1 aromatic rings. The molecule has 0 saturated heterocycles. The maximum Gasteiger partial charge on any atom is 0.0729 e. The van der Waals surface area contributed by atoms with E-state index >= 15 is 0 Å². The SMILES string of the molecule is NNC(CC1CC1)c1ncc(Br)cc1Br. The topological polar surface area (TPSA) is 50.9 Å². The molecule has 15 heavy (non-hydrogen) atoms. The van der Waals surface area contributed by atoms with Gasteiger partial charge in [0.2, 0.25) is 0 Å². The molecule has 0 aliphatic heterocycles. The van der Waals surface area contributed by atoms with Gasteiger partial charge in [0.15, 0.2) is 0 Å². The maximum absolute atomic E-state index is 5.57. The van der Waals surface area contributed by atoms with E-state index < -0.39 is 0 Å². The van der Waals surface area contributed by atoms with Gasteiger partial charge in [0.25, 0.3) is 0 Å². The van der Waals surface area contributed by atoms with E-state index in [0.717, 1.165) is 27.0 Å². The van der Waals surface area contributed by atoms with Crippen LogP contribution in [0, 0.1) is 5.92 Å². The van der Waals surface area contributed by atoms with Crippen molar-refractivity contribution in [2.45, 2.75) is 25.3 Å². The van der Waals surface area contributed by atoms with Crippen molar-refractivity contribution in [3.8, 4) is 0 Å². The summed E-state index contributed by atoms with van der Waals surface area (Å²) >= 11 is 6.90. The molecule has 82 valence electrons. The van der Waals surface area contributed by atoms with Crippen molar-refractivity contribution in [2.75, 3.05) is 0 Å². The molecule has 0 amide bonds. The standard InChI is InChI=1S/C10H13Br2N3/c11-7-4-8(12)10(14-5-7)9(15-13)3-6-1-2-6/h4-6,9,15H,1-3,13H2. The summed E-state index contributed by atoms with van der Waals surface area (Å²) in [6, 6.07) is 2.15. The molecule has 1 unspecified atom stereocenters. The molecule has 0 bridgehead atoms. The molecule has 1 aromatic heterocycles. The van der Waals surface area contributed by atoms with Gasteiger partial charge in [-0.2, -0.15) is 0 Å². The Morgan fingerprint density at radius 2 is 2.27 bits per heavy atom. The van der Waals surface area contributed by atoms with Gasteiger partial charge in [-0.15, -0.1) is 0 Å². The third-order valence-electron chi connectivity index (χ3n) is 2.63. The van der Waals surface area contributed by atoms with Crippen LogP contribution in [0.25, 0.3) is 0 Å². The van der Waals surface area contributed by atoms with Crippen LogP contribution in [0.3, 0.4) is 0 Å². The molecule has 1 fully saturated rings. The monoisotopic (exact) mass is 333 g/mol. The second-order valence-corrected chi connectivity index (χ2v) is 5.69. The van der Waals surface area contributed by atoms with Crippen molar-refractivity contribution >= 4 is 31.9 Å². The first-order valence-electron chi connectivity index (χ1n) is 4.97. The van der Waals surface area contributed by atoms with E-state index in [1.54, 1.807) is 6.20 Å². The first-order chi connectivity index (χ1) is 7.20. The van der Waals surface area contributed by atoms with Gasteiger partial charge in [0.1, 0.15) is 0 Å². The van der Waals surface area contributed by atoms with Crippen LogP contribution in [0.2, 0.25) is 0 Å². The lowest BCUT2D eigenvalue weighted by molar-refractivity contribution is 0.475. The quantitative estimate of drug-likeness (QED) is 0.657. The molecule has 1 heterocycles. The number of nitrogens with one attached hydrogen (secondary N) is 1. The maximum atomic E-state index is 5.57. The largest absolute Gasteiger partial charge is 0.271 e. The fraction of sp³-hybridized carbons (Fsp3) is 0.500. The zero-order chi connectivity index (χ0) is 10.8. The Kier molecular flexibility index (Phi) is 3.77. The summed E-state index contributed by atoms with van der Waals surface area (Å²) in [4.78, 5) is 4.39. The second kappa shape index (κ2) is 4.91. The molecule has 3 N–H and O–H groups in total. The molecule has 0 radical (unpaired) electrons. The lowest BCUT2D eigenvalue weighted by Crippen LogP contribution is -2.29. The van der Waals surface area contributed by atoms with Crippen LogP contribution >= 0.6 is 31.9 Å². The predicted octanol–water partition coefficient (Wildman–Crippen LogP) is 2.91. The highest BCUT2D eigenvalue weighted by Gasteiger charge is 2.27. The van der Waals surface area contributed by atoms with Crippen molar-refractivity contribution in [3.05, 3.63) is 26.9 Å². The highest BCUT2D eigenvalue weighted by atomic mass is 79.9. The highest BCUT2D eigenvalue weighted by Crippen LogP contribution is 2.38. The van der Waals surface area contributed by atoms with Gasteiger partial charge in [0, 0.05) is 15.1 Å². The average molecular weight is 335 g/mol. The van der Waals surface area contributed by atoms with Gasteiger partial charge in [-0.25, -0.2) is 0 Å². The van der Waals surface area contributed by atoms with E-state index in [0.29, 0.717) is 0 Å². The molecular weight excluding hydrogens is 322 g/mol. The minimum Gasteiger partial charge on any atom is -0.271 e. The van der Waals surface area contributed by atoms with Crippen molar-refractivity contribution in [2.24, 2.45) is 11.8 Å². The molecule has 1 aliphatic rings. The number of nitrogens with zero attached hydrogens (tertiary/aromatic N) is 1. The number of pyridine rings is 1. The smallest absolute Gasteiger partial charge is 0.0729 e. The van der Waals surface area contributed by atoms with E-state index in [4.69, 9.17) is 5.84 Å². The van der Waals surface area contributed by atoms with Gasteiger partial charge in [-0.05, 0) is 50.3 Å². The van der Waals surface area contributed by atoms with Gasteiger partial charge in [0.05, 0.1) is 11.7 Å². The van der Waals surface area contributed by atoms with Crippen LogP contribution in [0.4, 0.5) is 0 Å². The highest BCUT2D eigenvalue weighted by molar-refractivity contribution is 9.11. The second-order valence-electron chi connectivity index (χ2n) is 3.92. The summed E-state index contributed by atoms with van der Waals surface area (Å²) in [5, 5.41) is 0. The summed E-state index contributed by atoms with van der Waals surface area (Å²) in [6.45, 7) is 0. The molecular formula is C10H13Br2N3. The minimum absolute atomic E-state index is 0.153. The third kappa shape index (κ3) is 3.00. The van der Waals surface area contributed by atoms with E-state index in [1.807, 2.05) is 6.07 Å². The van der Waals surface area contributed by atoms with Crippen LogP contribution in [0.5, 0.6) is 0 Å². The zero-order valence-corrected chi connectivity index (χ0v) is 11.4. The summed E-state index contributed by atoms with van der Waals surface area (Å²) in [5.41, 5.74) is 3.84. The van der Waals surface area contributed by atoms with Gasteiger partial charge in [-0.3, -0.25) is 16.3 Å². The van der Waals surface area contributed by atoms with Crippen LogP contribution in [-0.4, -0.2) is 4.98 Å². The fourth-order valence-electron chi connectivity index (χ4n) is 1.63. The number of hydrogen-bond donors (Lipinski definition) is 2. The van der Waals surface area contributed by atoms with E-state index in [2.05, 4.69) is 42.3 Å². The summed E-state index contributed by atoms with van der Waals surface area (Å²) in [5.74, 6) is 6.39. The number of aromatic nitrogens is 1. The van der Waals surface area contributed by atoms with Crippen LogP contribution < -0.4 is 11.3 Å². The molecule has 1 saturated carbocycles. The summed E-state index contributed by atoms with van der Waals surface area (Å²) in [6.07, 6.45) is 5.53. The van der Waals surface area contributed by atoms with Gasteiger partial charge in [-0.1, -0.05) is 12.8 Å². The molecule has 3 nitrogen and oxygen atoms in total. The Morgan fingerprint density at radius 1 is 1.53 bits per heavy atom. The number of halogens is 2. The lowest BCUT2D eigenvalue weighted by Gasteiger charge is -2.16. The molecule has 0 aromatic carbocycles. The van der Waals surface area contributed by atoms with Crippen molar-refractivity contribution in [1.82, 2.24) is 10.4 Å². The number of nitrogens with two attached hydrogens (primary N) is 1. The van der Waals surface area contributed by atoms with Crippen molar-refractivity contribution in [3.63, 3.8) is 0 Å². The predicted molar refractivity (Wildman–Crippen MR) is 67.0 cm³/mol. The van der Waals surface area contributed by atoms with Crippen LogP contribution in [-0.2, 0) is 0 Å². The van der Waals surface area contributed by atoms with E-state index in [1.165, 1.54) is 12.8 Å². The molecule has 5 heteroatoms. The van der Waals surface area contributed by atoms with Crippen LogP contribution in [0.15, 0.2) is 21.2 Å². The van der Waals surface area contributed by atoms with E-state index in [-0.39, 0.29) is 6.04 Å². The van der Waals surface area contributed by atoms with Gasteiger partial charge < -0.3 is 0 Å². The normalized spacial score (nSPS) is 17.8. The Hall–Kier alpha value is 0.0300. The summed E-state index contributed by atoms with van der Waals surface area (Å²) in [7, 11) is 0. The minimum atomic E-state index is 0.153. The lowest BCUT2D eigenvalue weighted by atomic mass is 10.1. The third-order valence-corrected chi connectivity index (χ3v) is 3.70. The summed E-state index contributed by atoms with van der Waals surface area (Å²) < 4.78 is 1.97.